The highest BCUT2D eigenvalue weighted by Gasteiger charge is 2.50. The first kappa shape index (κ1) is 15.1. The number of nitrogens with zero attached hydrogens (tertiary/aromatic N) is 2. The van der Waals surface area contributed by atoms with Crippen LogP contribution < -0.4 is 5.32 Å². The third-order valence-corrected chi connectivity index (χ3v) is 4.52. The minimum atomic E-state index is -0.814. The number of hydrogen-bond acceptors (Lipinski definition) is 3. The molecule has 0 unspecified atom stereocenters. The number of nitrogens with one attached hydrogen (secondary N) is 1. The summed E-state index contributed by atoms with van der Waals surface area (Å²) in [6.45, 7) is 5.27. The van der Waals surface area contributed by atoms with Gasteiger partial charge in [-0.1, -0.05) is 13.8 Å². The Morgan fingerprint density at radius 1 is 1.45 bits per heavy atom. The smallest absolute Gasteiger partial charge is 0.311 e. The third-order valence-electron chi connectivity index (χ3n) is 4.52. The Labute approximate surface area is 129 Å². The molecule has 22 heavy (non-hydrogen) atoms. The van der Waals surface area contributed by atoms with Gasteiger partial charge in [-0.3, -0.25) is 14.3 Å². The maximum Gasteiger partial charge on any atom is 0.311 e. The normalized spacial score (nSPS) is 19.2. The first-order valence-electron chi connectivity index (χ1n) is 8.00. The molecule has 1 aromatic rings. The fraction of sp³-hybridized carbons (Fsp3) is 0.688. The molecule has 6 nitrogen and oxygen atoms in total. The molecule has 0 aliphatic heterocycles. The fourth-order valence-corrected chi connectivity index (χ4v) is 2.81. The van der Waals surface area contributed by atoms with E-state index in [4.69, 9.17) is 0 Å². The maximum atomic E-state index is 12.4. The van der Waals surface area contributed by atoms with E-state index in [-0.39, 0.29) is 12.5 Å². The SMILES string of the molecule is CC(C)Cn1ncc(C(=O)NCC2(C(=O)O)CC2)c1C1CC1. The van der Waals surface area contributed by atoms with Crippen LogP contribution in [0.5, 0.6) is 0 Å². The monoisotopic (exact) mass is 305 g/mol. The van der Waals surface area contributed by atoms with Gasteiger partial charge >= 0.3 is 5.97 Å². The zero-order valence-electron chi connectivity index (χ0n) is 13.1. The molecule has 2 aliphatic rings. The summed E-state index contributed by atoms with van der Waals surface area (Å²) in [5.74, 6) is -0.110. The van der Waals surface area contributed by atoms with Crippen LogP contribution in [0.25, 0.3) is 0 Å². The van der Waals surface area contributed by atoms with Gasteiger partial charge in [-0.05, 0) is 31.6 Å². The minimum Gasteiger partial charge on any atom is -0.481 e. The van der Waals surface area contributed by atoms with Crippen LogP contribution in [0.1, 0.15) is 61.5 Å². The second-order valence-corrected chi connectivity index (χ2v) is 7.06. The van der Waals surface area contributed by atoms with Gasteiger partial charge in [0.05, 0.1) is 22.9 Å². The molecule has 0 saturated heterocycles. The summed E-state index contributed by atoms with van der Waals surface area (Å²) in [7, 11) is 0. The number of carboxylic acids is 1. The van der Waals surface area contributed by atoms with Gasteiger partial charge in [0, 0.05) is 19.0 Å². The van der Waals surface area contributed by atoms with Gasteiger partial charge in [0.2, 0.25) is 0 Å². The predicted octanol–water partition coefficient (Wildman–Crippen LogP) is 2.01. The number of hydrogen-bond donors (Lipinski definition) is 2. The Morgan fingerprint density at radius 3 is 2.64 bits per heavy atom. The molecule has 0 aromatic carbocycles. The quantitative estimate of drug-likeness (QED) is 0.807. The molecule has 0 spiro atoms. The van der Waals surface area contributed by atoms with Crippen molar-refractivity contribution < 1.29 is 14.7 Å². The van der Waals surface area contributed by atoms with Crippen molar-refractivity contribution in [3.8, 4) is 0 Å². The molecule has 1 heterocycles. The third kappa shape index (κ3) is 2.87. The van der Waals surface area contributed by atoms with Gasteiger partial charge in [0.15, 0.2) is 0 Å². The highest BCUT2D eigenvalue weighted by Crippen LogP contribution is 2.45. The van der Waals surface area contributed by atoms with Crippen molar-refractivity contribution in [1.29, 1.82) is 0 Å². The van der Waals surface area contributed by atoms with Gasteiger partial charge in [0.1, 0.15) is 0 Å². The number of carbonyl (C=O) groups is 2. The van der Waals surface area contributed by atoms with E-state index in [1.807, 2.05) is 4.68 Å². The number of carbonyl (C=O) groups excluding carboxylic acids is 1. The van der Waals surface area contributed by atoms with E-state index < -0.39 is 11.4 Å². The van der Waals surface area contributed by atoms with Crippen molar-refractivity contribution in [3.05, 3.63) is 17.5 Å². The molecule has 2 saturated carbocycles. The Balaban J connectivity index is 1.72. The molecule has 1 aromatic heterocycles. The minimum absolute atomic E-state index is 0.190. The van der Waals surface area contributed by atoms with E-state index >= 15 is 0 Å². The molecule has 1 amide bonds. The van der Waals surface area contributed by atoms with Crippen molar-refractivity contribution >= 4 is 11.9 Å². The summed E-state index contributed by atoms with van der Waals surface area (Å²) >= 11 is 0. The summed E-state index contributed by atoms with van der Waals surface area (Å²) in [5, 5.41) is 16.3. The molecule has 0 bridgehead atoms. The Bertz CT molecular complexity index is 598. The van der Waals surface area contributed by atoms with E-state index in [1.165, 1.54) is 0 Å². The van der Waals surface area contributed by atoms with Crippen molar-refractivity contribution in [2.24, 2.45) is 11.3 Å². The van der Waals surface area contributed by atoms with Crippen LogP contribution in [0, 0.1) is 11.3 Å². The second kappa shape index (κ2) is 5.41. The topological polar surface area (TPSA) is 84.2 Å². The molecule has 2 aliphatic carbocycles. The zero-order valence-corrected chi connectivity index (χ0v) is 13.1. The summed E-state index contributed by atoms with van der Waals surface area (Å²) in [6, 6.07) is 0. The molecule has 0 atom stereocenters. The Morgan fingerprint density at radius 2 is 2.14 bits per heavy atom. The molecule has 0 radical (unpaired) electrons. The average molecular weight is 305 g/mol. The number of rotatable bonds is 7. The van der Waals surface area contributed by atoms with Crippen molar-refractivity contribution in [1.82, 2.24) is 15.1 Å². The number of carboxylic acid groups (broad SMARTS) is 1. The van der Waals surface area contributed by atoms with Gasteiger partial charge in [-0.25, -0.2) is 0 Å². The first-order valence-corrected chi connectivity index (χ1v) is 8.00. The van der Waals surface area contributed by atoms with E-state index in [9.17, 15) is 14.7 Å². The Hall–Kier alpha value is -1.85. The largest absolute Gasteiger partial charge is 0.481 e. The standard InChI is InChI=1S/C16H23N3O3/c1-10(2)8-19-13(11-3-4-11)12(7-18-19)14(20)17-9-16(5-6-16)15(21)22/h7,10-11H,3-6,8-9H2,1-2H3,(H,17,20)(H,21,22). The first-order chi connectivity index (χ1) is 10.4. The van der Waals surface area contributed by atoms with Crippen LogP contribution in [-0.4, -0.2) is 33.3 Å². The molecule has 3 rings (SSSR count). The number of aliphatic carboxylic acids is 1. The van der Waals surface area contributed by atoms with Crippen molar-refractivity contribution in [3.63, 3.8) is 0 Å². The lowest BCUT2D eigenvalue weighted by Crippen LogP contribution is -2.34. The molecular formula is C16H23N3O3. The maximum absolute atomic E-state index is 12.4. The lowest BCUT2D eigenvalue weighted by molar-refractivity contribution is -0.143. The Kier molecular flexibility index (Phi) is 3.70. The summed E-state index contributed by atoms with van der Waals surface area (Å²) in [5.41, 5.74) is 0.902. The van der Waals surface area contributed by atoms with Crippen LogP contribution in [0.3, 0.4) is 0 Å². The highest BCUT2D eigenvalue weighted by molar-refractivity contribution is 5.96. The van der Waals surface area contributed by atoms with Crippen LogP contribution >= 0.6 is 0 Å². The predicted molar refractivity (Wildman–Crippen MR) is 80.7 cm³/mol. The lowest BCUT2D eigenvalue weighted by atomic mass is 10.1. The van der Waals surface area contributed by atoms with Crippen LogP contribution in [-0.2, 0) is 11.3 Å². The molecule has 6 heteroatoms. The summed E-state index contributed by atoms with van der Waals surface area (Å²) in [4.78, 5) is 23.6. The molecular weight excluding hydrogens is 282 g/mol. The fourth-order valence-electron chi connectivity index (χ4n) is 2.81. The van der Waals surface area contributed by atoms with Crippen LogP contribution in [0.15, 0.2) is 6.20 Å². The number of aromatic nitrogens is 2. The molecule has 120 valence electrons. The number of amides is 1. The van der Waals surface area contributed by atoms with E-state index in [1.54, 1.807) is 6.20 Å². The highest BCUT2D eigenvalue weighted by atomic mass is 16.4. The molecule has 2 N–H and O–H groups in total. The lowest BCUT2D eigenvalue weighted by Gasteiger charge is -2.13. The van der Waals surface area contributed by atoms with Gasteiger partial charge < -0.3 is 10.4 Å². The van der Waals surface area contributed by atoms with Gasteiger partial charge in [0.25, 0.3) is 5.91 Å². The van der Waals surface area contributed by atoms with Crippen molar-refractivity contribution in [2.45, 2.75) is 52.0 Å². The van der Waals surface area contributed by atoms with E-state index in [0.717, 1.165) is 25.1 Å². The summed E-state index contributed by atoms with van der Waals surface area (Å²) in [6.07, 6.45) is 5.12. The van der Waals surface area contributed by atoms with Crippen LogP contribution in [0.4, 0.5) is 0 Å². The van der Waals surface area contributed by atoms with E-state index in [0.29, 0.717) is 30.2 Å². The average Bonchev–Trinajstić information content (AvgIpc) is 3.35. The zero-order chi connectivity index (χ0) is 15.9. The van der Waals surface area contributed by atoms with Gasteiger partial charge in [-0.15, -0.1) is 0 Å². The van der Waals surface area contributed by atoms with Crippen molar-refractivity contribution in [2.75, 3.05) is 6.54 Å². The second-order valence-electron chi connectivity index (χ2n) is 7.06. The molecule has 2 fully saturated rings. The van der Waals surface area contributed by atoms with E-state index in [2.05, 4.69) is 24.3 Å². The summed E-state index contributed by atoms with van der Waals surface area (Å²) < 4.78 is 1.95. The van der Waals surface area contributed by atoms with Gasteiger partial charge in [-0.2, -0.15) is 5.10 Å². The van der Waals surface area contributed by atoms with Crippen LogP contribution in [0.2, 0.25) is 0 Å².